The monoisotopic (exact) mass is 329 g/mol. The number of likely N-dealkylation sites (tertiary alicyclic amines) is 1. The first-order valence-corrected chi connectivity index (χ1v) is 8.73. The molecule has 2 saturated heterocycles. The molecule has 128 valence electrons. The summed E-state index contributed by atoms with van der Waals surface area (Å²) in [4.78, 5) is 14.2. The number of fused-ring (bicyclic) bond motifs is 1. The lowest BCUT2D eigenvalue weighted by atomic mass is 10.0. The molecular formula is C19H23NO4. The van der Waals surface area contributed by atoms with E-state index in [1.165, 1.54) is 5.56 Å². The average Bonchev–Trinajstić information content (AvgIpc) is 3.05. The summed E-state index contributed by atoms with van der Waals surface area (Å²) in [6.07, 6.45) is 2.73. The number of aryl methyl sites for hydroxylation is 1. The van der Waals surface area contributed by atoms with E-state index in [-0.39, 0.29) is 11.4 Å². The molecule has 0 bridgehead atoms. The largest absolute Gasteiger partial charge is 0.423 e. The number of hydrogen-bond donors (Lipinski definition) is 0. The molecule has 1 spiro atoms. The fraction of sp³-hybridized carbons (Fsp3) is 0.526. The molecule has 0 radical (unpaired) electrons. The maximum absolute atomic E-state index is 11.9. The van der Waals surface area contributed by atoms with Crippen molar-refractivity contribution in [3.63, 3.8) is 0 Å². The molecule has 4 rings (SSSR count). The van der Waals surface area contributed by atoms with Gasteiger partial charge in [0.15, 0.2) is 5.79 Å². The summed E-state index contributed by atoms with van der Waals surface area (Å²) in [6, 6.07) is 7.70. The molecular weight excluding hydrogens is 306 g/mol. The summed E-state index contributed by atoms with van der Waals surface area (Å²) in [7, 11) is 0. The molecule has 2 aromatic rings. The van der Waals surface area contributed by atoms with E-state index in [9.17, 15) is 4.79 Å². The third-order valence-corrected chi connectivity index (χ3v) is 5.13. The summed E-state index contributed by atoms with van der Waals surface area (Å²) in [5.41, 5.74) is 2.69. The van der Waals surface area contributed by atoms with Gasteiger partial charge in [-0.05, 0) is 29.7 Å². The molecule has 0 unspecified atom stereocenters. The van der Waals surface area contributed by atoms with E-state index in [4.69, 9.17) is 13.9 Å². The van der Waals surface area contributed by atoms with Crippen molar-refractivity contribution in [2.75, 3.05) is 26.3 Å². The molecule has 0 N–H and O–H groups in total. The summed E-state index contributed by atoms with van der Waals surface area (Å²) in [5.74, 6) is -0.357. The minimum Gasteiger partial charge on any atom is -0.423 e. The molecule has 0 saturated carbocycles. The van der Waals surface area contributed by atoms with Crippen LogP contribution in [-0.4, -0.2) is 37.0 Å². The fourth-order valence-electron chi connectivity index (χ4n) is 3.70. The van der Waals surface area contributed by atoms with Crippen molar-refractivity contribution in [3.8, 4) is 0 Å². The van der Waals surface area contributed by atoms with Gasteiger partial charge in [-0.3, -0.25) is 4.90 Å². The van der Waals surface area contributed by atoms with Gasteiger partial charge in [0.05, 0.1) is 13.2 Å². The van der Waals surface area contributed by atoms with Gasteiger partial charge in [-0.15, -0.1) is 0 Å². The number of hydrogen-bond acceptors (Lipinski definition) is 5. The van der Waals surface area contributed by atoms with Crippen LogP contribution < -0.4 is 5.63 Å². The van der Waals surface area contributed by atoms with E-state index in [0.717, 1.165) is 49.8 Å². The molecule has 0 aliphatic carbocycles. The Bertz CT molecular complexity index is 782. The molecule has 3 heterocycles. The maximum Gasteiger partial charge on any atom is 0.336 e. The third-order valence-electron chi connectivity index (χ3n) is 5.13. The Balaban J connectivity index is 1.57. The van der Waals surface area contributed by atoms with Crippen molar-refractivity contribution in [2.24, 2.45) is 0 Å². The van der Waals surface area contributed by atoms with Gasteiger partial charge in [-0.1, -0.05) is 13.0 Å². The van der Waals surface area contributed by atoms with Gasteiger partial charge >= 0.3 is 5.63 Å². The first-order valence-electron chi connectivity index (χ1n) is 8.73. The topological polar surface area (TPSA) is 51.9 Å². The maximum atomic E-state index is 11.9. The Morgan fingerprint density at radius 1 is 1.12 bits per heavy atom. The van der Waals surface area contributed by atoms with Crippen molar-refractivity contribution in [1.29, 1.82) is 0 Å². The lowest BCUT2D eigenvalue weighted by Crippen LogP contribution is -2.44. The van der Waals surface area contributed by atoms with Crippen LogP contribution in [0.15, 0.2) is 33.5 Å². The highest BCUT2D eigenvalue weighted by atomic mass is 16.7. The van der Waals surface area contributed by atoms with Crippen molar-refractivity contribution < 1.29 is 13.9 Å². The van der Waals surface area contributed by atoms with Crippen LogP contribution >= 0.6 is 0 Å². The summed E-state index contributed by atoms with van der Waals surface area (Å²) >= 11 is 0. The number of rotatable bonds is 3. The smallest absolute Gasteiger partial charge is 0.336 e. The fourth-order valence-corrected chi connectivity index (χ4v) is 3.70. The van der Waals surface area contributed by atoms with E-state index in [1.54, 1.807) is 6.07 Å². The molecule has 5 nitrogen and oxygen atoms in total. The zero-order valence-electron chi connectivity index (χ0n) is 14.0. The van der Waals surface area contributed by atoms with Crippen molar-refractivity contribution in [2.45, 2.75) is 38.5 Å². The van der Waals surface area contributed by atoms with Crippen LogP contribution in [0.5, 0.6) is 0 Å². The first-order chi connectivity index (χ1) is 11.7. The second kappa shape index (κ2) is 6.31. The van der Waals surface area contributed by atoms with Crippen LogP contribution in [0, 0.1) is 0 Å². The zero-order chi connectivity index (χ0) is 16.6. The molecule has 24 heavy (non-hydrogen) atoms. The minimum atomic E-state index is -0.357. The molecule has 2 fully saturated rings. The first kappa shape index (κ1) is 15.8. The quantitative estimate of drug-likeness (QED) is 0.811. The van der Waals surface area contributed by atoms with Crippen LogP contribution in [-0.2, 0) is 22.4 Å². The highest BCUT2D eigenvalue weighted by Crippen LogP contribution is 2.32. The van der Waals surface area contributed by atoms with Gasteiger partial charge in [0, 0.05) is 43.9 Å². The van der Waals surface area contributed by atoms with E-state index in [0.29, 0.717) is 18.8 Å². The highest BCUT2D eigenvalue weighted by Gasteiger charge is 2.39. The zero-order valence-corrected chi connectivity index (χ0v) is 14.0. The van der Waals surface area contributed by atoms with Crippen LogP contribution in [0.1, 0.15) is 30.9 Å². The van der Waals surface area contributed by atoms with E-state index in [1.807, 2.05) is 12.1 Å². The molecule has 1 aromatic heterocycles. The third kappa shape index (κ3) is 2.99. The summed E-state index contributed by atoms with van der Waals surface area (Å²) in [6.45, 7) is 6.11. The molecule has 2 aliphatic rings. The van der Waals surface area contributed by atoms with E-state index in [2.05, 4.69) is 17.9 Å². The predicted molar refractivity (Wildman–Crippen MR) is 91.0 cm³/mol. The second-order valence-electron chi connectivity index (χ2n) is 6.66. The van der Waals surface area contributed by atoms with Gasteiger partial charge in [-0.2, -0.15) is 0 Å². The van der Waals surface area contributed by atoms with Gasteiger partial charge in [0.1, 0.15) is 5.58 Å². The SMILES string of the molecule is CCc1ccc2oc(=O)cc(CN3CCC4(CC3)OCCO4)c2c1. The molecule has 1 aromatic carbocycles. The Labute approximate surface area is 141 Å². The molecule has 2 aliphatic heterocycles. The van der Waals surface area contributed by atoms with Gasteiger partial charge in [0.25, 0.3) is 0 Å². The number of piperidine rings is 1. The van der Waals surface area contributed by atoms with Gasteiger partial charge in [0.2, 0.25) is 0 Å². The van der Waals surface area contributed by atoms with E-state index >= 15 is 0 Å². The van der Waals surface area contributed by atoms with Crippen LogP contribution in [0.2, 0.25) is 0 Å². The normalized spacial score (nSPS) is 20.9. The lowest BCUT2D eigenvalue weighted by molar-refractivity contribution is -0.185. The molecule has 5 heteroatoms. The van der Waals surface area contributed by atoms with Crippen molar-refractivity contribution >= 4 is 11.0 Å². The standard InChI is InChI=1S/C19H23NO4/c1-2-14-3-4-17-16(11-14)15(12-18(21)24-17)13-20-7-5-19(6-8-20)22-9-10-23-19/h3-4,11-12H,2,5-10,13H2,1H3. The van der Waals surface area contributed by atoms with Crippen molar-refractivity contribution in [3.05, 3.63) is 45.8 Å². The second-order valence-corrected chi connectivity index (χ2v) is 6.66. The Kier molecular flexibility index (Phi) is 4.16. The Hall–Kier alpha value is -1.69. The number of benzene rings is 1. The molecule has 0 atom stereocenters. The number of ether oxygens (including phenoxy) is 2. The molecule has 0 amide bonds. The summed E-state index contributed by atoms with van der Waals surface area (Å²) in [5, 5.41) is 1.04. The average molecular weight is 329 g/mol. The predicted octanol–water partition coefficient (Wildman–Crippen LogP) is 2.69. The van der Waals surface area contributed by atoms with Gasteiger partial charge in [-0.25, -0.2) is 4.79 Å². The van der Waals surface area contributed by atoms with Crippen LogP contribution in [0.4, 0.5) is 0 Å². The van der Waals surface area contributed by atoms with Crippen molar-refractivity contribution in [1.82, 2.24) is 4.90 Å². The van der Waals surface area contributed by atoms with E-state index < -0.39 is 0 Å². The Morgan fingerprint density at radius 3 is 2.58 bits per heavy atom. The summed E-state index contributed by atoms with van der Waals surface area (Å²) < 4.78 is 16.9. The highest BCUT2D eigenvalue weighted by molar-refractivity contribution is 5.80. The Morgan fingerprint density at radius 2 is 1.88 bits per heavy atom. The van der Waals surface area contributed by atoms with Crippen LogP contribution in [0.25, 0.3) is 11.0 Å². The lowest BCUT2D eigenvalue weighted by Gasteiger charge is -2.37. The minimum absolute atomic E-state index is 0.280. The number of nitrogens with zero attached hydrogens (tertiary/aromatic N) is 1. The van der Waals surface area contributed by atoms with Gasteiger partial charge < -0.3 is 13.9 Å². The van der Waals surface area contributed by atoms with Crippen LogP contribution in [0.3, 0.4) is 0 Å².